The molecule has 4 aliphatic rings. The lowest BCUT2D eigenvalue weighted by atomic mass is 9.67. The fourth-order valence-corrected chi connectivity index (χ4v) is 6.18. The van der Waals surface area contributed by atoms with E-state index in [0.29, 0.717) is 18.8 Å². The van der Waals surface area contributed by atoms with Gasteiger partial charge in [0.05, 0.1) is 11.1 Å². The molecule has 4 atom stereocenters. The number of ether oxygens (including phenoxy) is 1. The van der Waals surface area contributed by atoms with Crippen molar-refractivity contribution in [3.63, 3.8) is 0 Å². The largest absolute Gasteiger partial charge is 0.454 e. The lowest BCUT2D eigenvalue weighted by Crippen LogP contribution is -2.53. The van der Waals surface area contributed by atoms with Crippen LogP contribution in [0.5, 0.6) is 0 Å². The maximum Gasteiger partial charge on any atom is 0.332 e. The minimum absolute atomic E-state index is 0.0501. The first-order valence-electron chi connectivity index (χ1n) is 9.62. The smallest absolute Gasteiger partial charge is 0.332 e. The van der Waals surface area contributed by atoms with E-state index in [2.05, 4.69) is 20.8 Å². The summed E-state index contributed by atoms with van der Waals surface area (Å²) in [4.78, 5) is 28.9. The quantitative estimate of drug-likeness (QED) is 0.445. The van der Waals surface area contributed by atoms with Gasteiger partial charge in [-0.15, -0.1) is 0 Å². The molecule has 0 amide bonds. The first kappa shape index (κ1) is 17.0. The molecule has 0 unspecified atom stereocenters. The van der Waals surface area contributed by atoms with E-state index in [-0.39, 0.29) is 34.4 Å². The van der Waals surface area contributed by atoms with Crippen molar-refractivity contribution in [2.75, 3.05) is 6.54 Å². The van der Waals surface area contributed by atoms with Gasteiger partial charge in [-0.2, -0.15) is 0 Å². The van der Waals surface area contributed by atoms with Gasteiger partial charge >= 0.3 is 5.97 Å². The highest BCUT2D eigenvalue weighted by atomic mass is 16.6. The van der Waals surface area contributed by atoms with E-state index < -0.39 is 11.5 Å². The second kappa shape index (κ2) is 5.27. The van der Waals surface area contributed by atoms with Crippen LogP contribution in [0.15, 0.2) is 4.99 Å². The number of fused-ring (bicyclic) bond motifs is 5. The van der Waals surface area contributed by atoms with Crippen molar-refractivity contribution < 1.29 is 14.5 Å². The Labute approximate surface area is 148 Å². The molecule has 0 aromatic heterocycles. The normalized spacial score (nSPS) is 41.0. The zero-order valence-corrected chi connectivity index (χ0v) is 15.4. The molecule has 3 fully saturated rings. The van der Waals surface area contributed by atoms with Gasteiger partial charge in [0.25, 0.3) is 0 Å². The van der Waals surface area contributed by atoms with E-state index in [1.807, 2.05) is 0 Å². The molecule has 0 spiro atoms. The highest BCUT2D eigenvalue weighted by Crippen LogP contribution is 2.65. The molecule has 4 rings (SSSR count). The Morgan fingerprint density at radius 3 is 2.52 bits per heavy atom. The Bertz CT molecular complexity index is 650. The van der Waals surface area contributed by atoms with E-state index in [4.69, 9.17) is 9.73 Å². The Morgan fingerprint density at radius 1 is 1.20 bits per heavy atom. The topological polar surface area (TPSA) is 81.8 Å². The summed E-state index contributed by atoms with van der Waals surface area (Å²) in [7, 11) is 0. The number of aliphatic imine (C=N–C) groups is 1. The monoisotopic (exact) mass is 348 g/mol. The lowest BCUT2D eigenvalue weighted by Gasteiger charge is -2.42. The van der Waals surface area contributed by atoms with Gasteiger partial charge in [0.1, 0.15) is 6.10 Å². The Hall–Kier alpha value is -1.46. The van der Waals surface area contributed by atoms with Crippen molar-refractivity contribution >= 4 is 11.7 Å². The van der Waals surface area contributed by atoms with Crippen LogP contribution in [0.4, 0.5) is 0 Å². The third-order valence-electron chi connectivity index (χ3n) is 8.11. The van der Waals surface area contributed by atoms with Crippen LogP contribution in [-0.2, 0) is 9.53 Å². The number of nitrogens with zero attached hydrogens (tertiary/aromatic N) is 2. The van der Waals surface area contributed by atoms with E-state index in [1.54, 1.807) is 0 Å². The van der Waals surface area contributed by atoms with Crippen LogP contribution in [0.3, 0.4) is 0 Å². The Kier molecular flexibility index (Phi) is 3.58. The zero-order valence-electron chi connectivity index (χ0n) is 15.4. The maximum absolute atomic E-state index is 12.9. The molecular weight excluding hydrogens is 320 g/mol. The van der Waals surface area contributed by atoms with Gasteiger partial charge in [-0.1, -0.05) is 40.0 Å². The number of hydrogen-bond acceptors (Lipinski definition) is 5. The molecule has 2 bridgehead atoms. The van der Waals surface area contributed by atoms with Crippen molar-refractivity contribution in [3.8, 4) is 0 Å². The first-order valence-corrected chi connectivity index (χ1v) is 9.62. The number of nitro groups is 1. The average molecular weight is 348 g/mol. The summed E-state index contributed by atoms with van der Waals surface area (Å²) < 4.78 is 5.93. The number of hydrogen-bond donors (Lipinski definition) is 0. The second-order valence-electron chi connectivity index (χ2n) is 9.39. The standard InChI is InChI=1S/C19H28N2O4/c1-17(2)12-7-10-18(17,3)14-13(12)25-16(22)15(20-14)19(11-21(23)24)8-5-4-6-9-19/h12-13,15H,4-11H2,1-3H3/t12-,13-,15-,18+/m1/s1. The molecule has 0 aromatic rings. The van der Waals surface area contributed by atoms with Crippen LogP contribution in [0.2, 0.25) is 0 Å². The molecule has 25 heavy (non-hydrogen) atoms. The van der Waals surface area contributed by atoms with Crippen LogP contribution >= 0.6 is 0 Å². The number of carbonyl (C=O) groups is 1. The summed E-state index contributed by atoms with van der Waals surface area (Å²) in [6.07, 6.45) is 6.23. The minimum atomic E-state index is -0.698. The van der Waals surface area contributed by atoms with E-state index in [1.165, 1.54) is 0 Å². The van der Waals surface area contributed by atoms with Crippen LogP contribution in [0.25, 0.3) is 0 Å². The number of esters is 1. The van der Waals surface area contributed by atoms with Gasteiger partial charge in [0, 0.05) is 16.3 Å². The van der Waals surface area contributed by atoms with Crippen molar-refractivity contribution in [1.29, 1.82) is 0 Å². The summed E-state index contributed by atoms with van der Waals surface area (Å²) in [5.74, 6) is -0.0107. The Morgan fingerprint density at radius 2 is 1.88 bits per heavy atom. The molecule has 3 saturated carbocycles. The van der Waals surface area contributed by atoms with Gasteiger partial charge in [0.15, 0.2) is 6.04 Å². The first-order chi connectivity index (χ1) is 11.7. The molecule has 0 saturated heterocycles. The summed E-state index contributed by atoms with van der Waals surface area (Å²) in [5.41, 5.74) is 0.325. The highest BCUT2D eigenvalue weighted by Gasteiger charge is 2.68. The lowest BCUT2D eigenvalue weighted by molar-refractivity contribution is -0.499. The molecule has 138 valence electrons. The fraction of sp³-hybridized carbons (Fsp3) is 0.895. The van der Waals surface area contributed by atoms with Crippen LogP contribution in [-0.4, -0.2) is 35.3 Å². The van der Waals surface area contributed by atoms with Crippen molar-refractivity contribution in [2.24, 2.45) is 27.2 Å². The fourth-order valence-electron chi connectivity index (χ4n) is 6.18. The predicted octanol–water partition coefficient (Wildman–Crippen LogP) is 3.40. The summed E-state index contributed by atoms with van der Waals surface area (Å²) in [5, 5.41) is 11.3. The molecule has 1 aliphatic heterocycles. The number of rotatable bonds is 3. The molecule has 6 nitrogen and oxygen atoms in total. The number of carbonyl (C=O) groups excluding carboxylic acids is 1. The van der Waals surface area contributed by atoms with Crippen LogP contribution in [0, 0.1) is 32.3 Å². The van der Waals surface area contributed by atoms with Gasteiger partial charge < -0.3 is 4.74 Å². The predicted molar refractivity (Wildman–Crippen MR) is 93.1 cm³/mol. The maximum atomic E-state index is 12.9. The summed E-state index contributed by atoms with van der Waals surface area (Å²) >= 11 is 0. The van der Waals surface area contributed by atoms with Gasteiger partial charge in [-0.3, -0.25) is 15.1 Å². The molecule has 3 aliphatic carbocycles. The molecule has 0 N–H and O–H groups in total. The van der Waals surface area contributed by atoms with Crippen molar-refractivity contribution in [2.45, 2.75) is 77.9 Å². The summed E-state index contributed by atoms with van der Waals surface area (Å²) in [6.45, 7) is 6.56. The molecule has 0 aromatic carbocycles. The van der Waals surface area contributed by atoms with Crippen molar-refractivity contribution in [1.82, 2.24) is 0 Å². The summed E-state index contributed by atoms with van der Waals surface area (Å²) in [6, 6.07) is -0.698. The Balaban J connectivity index is 1.76. The van der Waals surface area contributed by atoms with Gasteiger partial charge in [-0.05, 0) is 31.1 Å². The van der Waals surface area contributed by atoms with Crippen LogP contribution < -0.4 is 0 Å². The van der Waals surface area contributed by atoms with E-state index >= 15 is 0 Å². The molecule has 1 heterocycles. The van der Waals surface area contributed by atoms with Gasteiger partial charge in [0.2, 0.25) is 6.54 Å². The zero-order chi connectivity index (χ0) is 18.0. The van der Waals surface area contributed by atoms with Crippen molar-refractivity contribution in [3.05, 3.63) is 10.1 Å². The van der Waals surface area contributed by atoms with E-state index in [0.717, 1.165) is 37.8 Å². The average Bonchev–Trinajstić information content (AvgIpc) is 2.86. The minimum Gasteiger partial charge on any atom is -0.454 e. The van der Waals surface area contributed by atoms with Crippen LogP contribution in [0.1, 0.15) is 65.7 Å². The molecule has 6 heteroatoms. The molecular formula is C19H28N2O4. The van der Waals surface area contributed by atoms with E-state index in [9.17, 15) is 14.9 Å². The highest BCUT2D eigenvalue weighted by molar-refractivity contribution is 6.03. The third kappa shape index (κ3) is 2.15. The SMILES string of the molecule is CC1(C)[C@@H]2CC[C@@]1(C)C1=N[C@@H](C3(C[N+](=O)[O-])CCCCC3)C(=O)O[C@@H]12. The second-order valence-corrected chi connectivity index (χ2v) is 9.39. The van der Waals surface area contributed by atoms with Gasteiger partial charge in [-0.25, -0.2) is 4.79 Å². The molecule has 0 radical (unpaired) electrons. The third-order valence-corrected chi connectivity index (χ3v) is 8.11.